The lowest BCUT2D eigenvalue weighted by atomic mass is 9.80. The van der Waals surface area contributed by atoms with Crippen molar-refractivity contribution in [3.8, 4) is 17.6 Å². The lowest BCUT2D eigenvalue weighted by Crippen LogP contribution is -2.27. The molecule has 2 aromatic carbocycles. The molecule has 1 N–H and O–H groups in total. The van der Waals surface area contributed by atoms with Gasteiger partial charge in [-0.2, -0.15) is 5.26 Å². The van der Waals surface area contributed by atoms with Gasteiger partial charge >= 0.3 is 7.12 Å². The SMILES string of the molecule is N#Cc1ccc(Oc2ccc3c(c2)COB3O)c(Cl)c1. The fourth-order valence-electron chi connectivity index (χ4n) is 2.05. The topological polar surface area (TPSA) is 62.5 Å². The number of ether oxygens (including phenoxy) is 1. The number of nitriles is 1. The van der Waals surface area contributed by atoms with Crippen molar-refractivity contribution >= 4 is 24.2 Å². The van der Waals surface area contributed by atoms with Gasteiger partial charge in [0.05, 0.1) is 23.3 Å². The zero-order valence-electron chi connectivity index (χ0n) is 10.3. The summed E-state index contributed by atoms with van der Waals surface area (Å²) in [7, 11) is -0.863. The maximum Gasteiger partial charge on any atom is 0.491 e. The van der Waals surface area contributed by atoms with Crippen molar-refractivity contribution in [2.75, 3.05) is 0 Å². The molecule has 0 saturated heterocycles. The Kier molecular flexibility index (Phi) is 3.37. The molecule has 0 amide bonds. The summed E-state index contributed by atoms with van der Waals surface area (Å²) in [4.78, 5) is 0. The summed E-state index contributed by atoms with van der Waals surface area (Å²) >= 11 is 6.06. The monoisotopic (exact) mass is 285 g/mol. The highest BCUT2D eigenvalue weighted by Gasteiger charge is 2.27. The van der Waals surface area contributed by atoms with Crippen LogP contribution in [0.4, 0.5) is 0 Å². The second-order valence-corrected chi connectivity index (χ2v) is 4.79. The van der Waals surface area contributed by atoms with E-state index in [4.69, 9.17) is 26.3 Å². The van der Waals surface area contributed by atoms with Gasteiger partial charge in [0.2, 0.25) is 0 Å². The first-order valence-electron chi connectivity index (χ1n) is 5.97. The predicted molar refractivity (Wildman–Crippen MR) is 75.1 cm³/mol. The summed E-state index contributed by atoms with van der Waals surface area (Å²) in [5, 5.41) is 18.7. The third-order valence-corrected chi connectivity index (χ3v) is 3.36. The summed E-state index contributed by atoms with van der Waals surface area (Å²) in [6.45, 7) is 0.356. The Morgan fingerprint density at radius 1 is 1.30 bits per heavy atom. The maximum absolute atomic E-state index is 9.55. The van der Waals surface area contributed by atoms with Gasteiger partial charge in [-0.15, -0.1) is 0 Å². The molecule has 0 unspecified atom stereocenters. The molecule has 1 heterocycles. The van der Waals surface area contributed by atoms with Crippen LogP contribution in [0.25, 0.3) is 0 Å². The highest BCUT2D eigenvalue weighted by atomic mass is 35.5. The summed E-state index contributed by atoms with van der Waals surface area (Å²) in [5.74, 6) is 1.08. The number of hydrogen-bond donors (Lipinski definition) is 1. The van der Waals surface area contributed by atoms with Gasteiger partial charge in [0.15, 0.2) is 0 Å². The third-order valence-electron chi connectivity index (χ3n) is 3.07. The number of benzene rings is 2. The van der Waals surface area contributed by atoms with Crippen LogP contribution in [0.1, 0.15) is 11.1 Å². The Labute approximate surface area is 121 Å². The van der Waals surface area contributed by atoms with Crippen LogP contribution in [-0.2, 0) is 11.3 Å². The second-order valence-electron chi connectivity index (χ2n) is 4.38. The van der Waals surface area contributed by atoms with Crippen LogP contribution in [0.15, 0.2) is 36.4 Å². The average molecular weight is 285 g/mol. The van der Waals surface area contributed by atoms with Gasteiger partial charge in [-0.1, -0.05) is 17.7 Å². The first-order chi connectivity index (χ1) is 9.67. The lowest BCUT2D eigenvalue weighted by Gasteiger charge is -2.09. The molecule has 1 aliphatic rings. The zero-order chi connectivity index (χ0) is 14.1. The minimum absolute atomic E-state index is 0.356. The van der Waals surface area contributed by atoms with Crippen molar-refractivity contribution in [2.24, 2.45) is 0 Å². The predicted octanol–water partition coefficient (Wildman–Crippen LogP) is 2.22. The molecule has 98 valence electrons. The molecule has 0 spiro atoms. The van der Waals surface area contributed by atoms with E-state index >= 15 is 0 Å². The van der Waals surface area contributed by atoms with Gasteiger partial charge in [-0.25, -0.2) is 0 Å². The second kappa shape index (κ2) is 5.18. The van der Waals surface area contributed by atoms with E-state index in [9.17, 15) is 5.02 Å². The number of fused-ring (bicyclic) bond motifs is 1. The molecule has 0 fully saturated rings. The molecule has 0 aromatic heterocycles. The average Bonchev–Trinajstić information content (AvgIpc) is 2.82. The molecule has 20 heavy (non-hydrogen) atoms. The van der Waals surface area contributed by atoms with Crippen LogP contribution in [0.3, 0.4) is 0 Å². The van der Waals surface area contributed by atoms with Crippen LogP contribution >= 0.6 is 11.6 Å². The molecule has 0 radical (unpaired) electrons. The molecule has 4 nitrogen and oxygen atoms in total. The number of halogens is 1. The Balaban J connectivity index is 1.87. The van der Waals surface area contributed by atoms with Gasteiger partial charge in [0, 0.05) is 0 Å². The van der Waals surface area contributed by atoms with Gasteiger partial charge in [0.1, 0.15) is 11.5 Å². The van der Waals surface area contributed by atoms with E-state index in [1.807, 2.05) is 6.07 Å². The van der Waals surface area contributed by atoms with Gasteiger partial charge < -0.3 is 14.4 Å². The van der Waals surface area contributed by atoms with E-state index in [2.05, 4.69) is 0 Å². The van der Waals surface area contributed by atoms with Crippen molar-refractivity contribution in [3.05, 3.63) is 52.5 Å². The molecule has 2 aromatic rings. The normalized spacial score (nSPS) is 12.9. The fourth-order valence-corrected chi connectivity index (χ4v) is 2.27. The minimum Gasteiger partial charge on any atom is -0.456 e. The molecular formula is C14H9BClNO3. The van der Waals surface area contributed by atoms with E-state index in [-0.39, 0.29) is 0 Å². The molecule has 0 aliphatic carbocycles. The van der Waals surface area contributed by atoms with Gasteiger partial charge in [0.25, 0.3) is 0 Å². The van der Waals surface area contributed by atoms with Crippen LogP contribution in [0.5, 0.6) is 11.5 Å². The molecule has 3 rings (SSSR count). The smallest absolute Gasteiger partial charge is 0.456 e. The Bertz CT molecular complexity index is 714. The standard InChI is InChI=1S/C14H9BClNO3/c16-13-5-9(7-17)1-4-14(13)20-11-2-3-12-10(6-11)8-19-15(12)18/h1-6,18H,8H2. The zero-order valence-corrected chi connectivity index (χ0v) is 11.1. The lowest BCUT2D eigenvalue weighted by molar-refractivity contribution is 0.275. The summed E-state index contributed by atoms with van der Waals surface area (Å²) < 4.78 is 10.8. The molecular weight excluding hydrogens is 276 g/mol. The first-order valence-corrected chi connectivity index (χ1v) is 6.35. The molecule has 0 atom stereocenters. The number of hydrogen-bond acceptors (Lipinski definition) is 4. The van der Waals surface area contributed by atoms with Crippen LogP contribution in [0.2, 0.25) is 5.02 Å². The summed E-state index contributed by atoms with van der Waals surface area (Å²) in [5.41, 5.74) is 2.12. The quantitative estimate of drug-likeness (QED) is 0.859. The van der Waals surface area contributed by atoms with E-state index in [1.165, 1.54) is 0 Å². The highest BCUT2D eigenvalue weighted by molar-refractivity contribution is 6.61. The van der Waals surface area contributed by atoms with Gasteiger partial charge in [-0.05, 0) is 41.4 Å². The van der Waals surface area contributed by atoms with E-state index in [1.54, 1.807) is 36.4 Å². The highest BCUT2D eigenvalue weighted by Crippen LogP contribution is 2.30. The van der Waals surface area contributed by atoms with Crippen LogP contribution in [-0.4, -0.2) is 12.1 Å². The fraction of sp³-hybridized carbons (Fsp3) is 0.0714. The third kappa shape index (κ3) is 2.37. The number of nitrogens with zero attached hydrogens (tertiary/aromatic N) is 1. The van der Waals surface area contributed by atoms with Crippen molar-refractivity contribution in [1.29, 1.82) is 5.26 Å². The molecule has 0 saturated carbocycles. The van der Waals surface area contributed by atoms with Crippen LogP contribution in [0, 0.1) is 11.3 Å². The van der Waals surface area contributed by atoms with Crippen molar-refractivity contribution in [1.82, 2.24) is 0 Å². The maximum atomic E-state index is 9.55. The first kappa shape index (κ1) is 13.0. The van der Waals surface area contributed by atoms with Gasteiger partial charge in [-0.3, -0.25) is 0 Å². The van der Waals surface area contributed by atoms with Crippen molar-refractivity contribution in [2.45, 2.75) is 6.61 Å². The van der Waals surface area contributed by atoms with Crippen molar-refractivity contribution in [3.63, 3.8) is 0 Å². The Morgan fingerprint density at radius 3 is 2.90 bits per heavy atom. The van der Waals surface area contributed by atoms with Crippen LogP contribution < -0.4 is 10.2 Å². The summed E-state index contributed by atoms with van der Waals surface area (Å²) in [6, 6.07) is 12.2. The Morgan fingerprint density at radius 2 is 2.15 bits per heavy atom. The molecule has 0 bridgehead atoms. The molecule has 1 aliphatic heterocycles. The van der Waals surface area contributed by atoms with E-state index in [0.29, 0.717) is 28.7 Å². The summed E-state index contributed by atoms with van der Waals surface area (Å²) in [6.07, 6.45) is 0. The van der Waals surface area contributed by atoms with E-state index < -0.39 is 7.12 Å². The minimum atomic E-state index is -0.863. The largest absolute Gasteiger partial charge is 0.491 e. The van der Waals surface area contributed by atoms with Crippen molar-refractivity contribution < 1.29 is 14.4 Å². The molecule has 6 heteroatoms. The Hall–Kier alpha value is -2.00. The van der Waals surface area contributed by atoms with E-state index in [0.717, 1.165) is 11.0 Å². The number of rotatable bonds is 2.